The third-order valence-corrected chi connectivity index (χ3v) is 6.39. The van der Waals surface area contributed by atoms with Gasteiger partial charge in [0.2, 0.25) is 0 Å². The first-order valence-corrected chi connectivity index (χ1v) is 7.58. The number of hydrogen-bond donors (Lipinski definition) is 1. The lowest BCUT2D eigenvalue weighted by Gasteiger charge is -2.43. The number of halogens is 1. The van der Waals surface area contributed by atoms with Crippen molar-refractivity contribution in [2.45, 2.75) is 76.1 Å². The maximum atomic E-state index is 10.8. The van der Waals surface area contributed by atoms with Gasteiger partial charge in [0.05, 0.1) is 5.38 Å². The molecule has 1 heterocycles. The van der Waals surface area contributed by atoms with E-state index in [2.05, 4.69) is 27.7 Å². The van der Waals surface area contributed by atoms with E-state index in [0.29, 0.717) is 11.8 Å². The highest BCUT2D eigenvalue weighted by atomic mass is 35.5. The zero-order valence-electron chi connectivity index (χ0n) is 12.1. The molecular formula is C15H25ClO2. The van der Waals surface area contributed by atoms with Gasteiger partial charge in [0.1, 0.15) is 16.8 Å². The lowest BCUT2D eigenvalue weighted by atomic mass is 9.59. The standard InChI is InChI=1S/C15H25ClO2/c1-9(2)10-6-12(3,4)8-15-13(5,17)11(16)7-14(10,15)18-15/h9-11,17H,6-8H2,1-5H3/t10-,11-,13+,14+,15+/m0/s1. The summed E-state index contributed by atoms with van der Waals surface area (Å²) in [5.74, 6) is 1.08. The molecule has 0 spiro atoms. The van der Waals surface area contributed by atoms with Crippen molar-refractivity contribution >= 4 is 11.6 Å². The summed E-state index contributed by atoms with van der Waals surface area (Å²) in [7, 11) is 0. The lowest BCUT2D eigenvalue weighted by molar-refractivity contribution is -0.0403. The van der Waals surface area contributed by atoms with Crippen LogP contribution in [0.5, 0.6) is 0 Å². The Kier molecular flexibility index (Phi) is 2.40. The maximum Gasteiger partial charge on any atom is 0.128 e. The number of hydrogen-bond acceptors (Lipinski definition) is 2. The second kappa shape index (κ2) is 3.27. The molecule has 18 heavy (non-hydrogen) atoms. The summed E-state index contributed by atoms with van der Waals surface area (Å²) in [6.45, 7) is 11.0. The predicted octanol–water partition coefficient (Wildman–Crippen LogP) is 3.35. The number of rotatable bonds is 1. The van der Waals surface area contributed by atoms with E-state index in [4.69, 9.17) is 16.3 Å². The minimum atomic E-state index is -0.889. The van der Waals surface area contributed by atoms with Crippen molar-refractivity contribution in [2.24, 2.45) is 17.3 Å². The molecule has 5 atom stereocenters. The van der Waals surface area contributed by atoms with E-state index in [1.807, 2.05) is 6.92 Å². The summed E-state index contributed by atoms with van der Waals surface area (Å²) >= 11 is 6.43. The second-order valence-corrected chi connectivity index (χ2v) is 8.56. The fourth-order valence-electron chi connectivity index (χ4n) is 4.91. The number of ether oxygens (including phenoxy) is 1. The number of aliphatic hydroxyl groups is 1. The van der Waals surface area contributed by atoms with Crippen LogP contribution in [-0.2, 0) is 4.74 Å². The molecule has 0 radical (unpaired) electrons. The molecule has 1 aliphatic heterocycles. The first kappa shape index (κ1) is 13.2. The molecule has 0 unspecified atom stereocenters. The molecule has 104 valence electrons. The summed E-state index contributed by atoms with van der Waals surface area (Å²) < 4.78 is 6.25. The second-order valence-electron chi connectivity index (χ2n) is 8.03. The van der Waals surface area contributed by atoms with Crippen LogP contribution in [0.1, 0.15) is 53.9 Å². The Morgan fingerprint density at radius 2 is 1.83 bits per heavy atom. The van der Waals surface area contributed by atoms with Crippen molar-refractivity contribution in [3.05, 3.63) is 0 Å². The maximum absolute atomic E-state index is 10.8. The third-order valence-electron chi connectivity index (χ3n) is 5.81. The van der Waals surface area contributed by atoms with Crippen LogP contribution in [0.15, 0.2) is 0 Å². The van der Waals surface area contributed by atoms with Crippen molar-refractivity contribution in [3.63, 3.8) is 0 Å². The number of alkyl halides is 1. The summed E-state index contributed by atoms with van der Waals surface area (Å²) in [5.41, 5.74) is -1.20. The van der Waals surface area contributed by atoms with Gasteiger partial charge in [-0.3, -0.25) is 0 Å². The Morgan fingerprint density at radius 3 is 2.39 bits per heavy atom. The van der Waals surface area contributed by atoms with Crippen molar-refractivity contribution < 1.29 is 9.84 Å². The van der Waals surface area contributed by atoms with Crippen LogP contribution in [0.2, 0.25) is 0 Å². The highest BCUT2D eigenvalue weighted by molar-refractivity contribution is 6.22. The molecule has 1 saturated heterocycles. The first-order chi connectivity index (χ1) is 8.08. The highest BCUT2D eigenvalue weighted by Gasteiger charge is 2.87. The number of epoxide rings is 1. The molecule has 2 saturated carbocycles. The molecule has 0 bridgehead atoms. The quantitative estimate of drug-likeness (QED) is 0.587. The zero-order valence-corrected chi connectivity index (χ0v) is 12.8. The molecule has 0 aromatic carbocycles. The Balaban J connectivity index is 2.06. The van der Waals surface area contributed by atoms with Gasteiger partial charge in [0, 0.05) is 0 Å². The average Bonchev–Trinajstić information content (AvgIpc) is 2.80. The fourth-order valence-corrected chi connectivity index (χ4v) is 5.32. The van der Waals surface area contributed by atoms with Gasteiger partial charge in [-0.2, -0.15) is 0 Å². The summed E-state index contributed by atoms with van der Waals surface area (Å²) in [6, 6.07) is 0. The highest BCUT2D eigenvalue weighted by Crippen LogP contribution is 2.76. The van der Waals surface area contributed by atoms with Gasteiger partial charge in [-0.15, -0.1) is 11.6 Å². The van der Waals surface area contributed by atoms with E-state index in [1.54, 1.807) is 0 Å². The molecule has 0 aromatic rings. The zero-order chi connectivity index (χ0) is 13.6. The van der Waals surface area contributed by atoms with E-state index in [-0.39, 0.29) is 22.0 Å². The van der Waals surface area contributed by atoms with Gasteiger partial charge >= 0.3 is 0 Å². The molecule has 0 amide bonds. The molecule has 3 fully saturated rings. The Labute approximate surface area is 115 Å². The summed E-state index contributed by atoms with van der Waals surface area (Å²) in [6.07, 6.45) is 2.91. The smallest absolute Gasteiger partial charge is 0.128 e. The van der Waals surface area contributed by atoms with Crippen molar-refractivity contribution in [1.82, 2.24) is 0 Å². The molecule has 0 aromatic heterocycles. The van der Waals surface area contributed by atoms with E-state index in [0.717, 1.165) is 12.8 Å². The van der Waals surface area contributed by atoms with E-state index in [9.17, 15) is 5.11 Å². The monoisotopic (exact) mass is 272 g/mol. The van der Waals surface area contributed by atoms with Gasteiger partial charge in [-0.1, -0.05) is 27.7 Å². The van der Waals surface area contributed by atoms with Crippen LogP contribution < -0.4 is 0 Å². The van der Waals surface area contributed by atoms with Crippen LogP contribution in [0.4, 0.5) is 0 Å². The molecule has 2 nitrogen and oxygen atoms in total. The van der Waals surface area contributed by atoms with Gasteiger partial charge in [0.25, 0.3) is 0 Å². The van der Waals surface area contributed by atoms with Crippen LogP contribution >= 0.6 is 11.6 Å². The Morgan fingerprint density at radius 1 is 1.22 bits per heavy atom. The van der Waals surface area contributed by atoms with Crippen LogP contribution in [0.3, 0.4) is 0 Å². The van der Waals surface area contributed by atoms with Crippen molar-refractivity contribution in [2.75, 3.05) is 0 Å². The molecule has 1 N–H and O–H groups in total. The molecule has 3 rings (SSSR count). The molecule has 3 heteroatoms. The summed E-state index contributed by atoms with van der Waals surface area (Å²) in [5, 5.41) is 10.6. The van der Waals surface area contributed by atoms with Crippen LogP contribution in [0.25, 0.3) is 0 Å². The SMILES string of the molecule is CC(C)[C@@H]1CC(C)(C)C[C@]23O[C@]12C[C@H](Cl)[C@@]3(C)O. The van der Waals surface area contributed by atoms with Gasteiger partial charge < -0.3 is 9.84 Å². The Bertz CT molecular complexity index is 390. The van der Waals surface area contributed by atoms with Gasteiger partial charge in [-0.05, 0) is 43.4 Å². The van der Waals surface area contributed by atoms with E-state index >= 15 is 0 Å². The minimum Gasteiger partial charge on any atom is -0.385 e. The fraction of sp³-hybridized carbons (Fsp3) is 1.00. The van der Waals surface area contributed by atoms with E-state index < -0.39 is 5.60 Å². The average molecular weight is 273 g/mol. The first-order valence-electron chi connectivity index (χ1n) is 7.15. The summed E-state index contributed by atoms with van der Waals surface area (Å²) in [4.78, 5) is 0. The predicted molar refractivity (Wildman–Crippen MR) is 72.8 cm³/mol. The van der Waals surface area contributed by atoms with Crippen LogP contribution in [0, 0.1) is 17.3 Å². The third kappa shape index (κ3) is 1.28. The van der Waals surface area contributed by atoms with Gasteiger partial charge in [-0.25, -0.2) is 0 Å². The topological polar surface area (TPSA) is 32.8 Å². The van der Waals surface area contributed by atoms with Crippen molar-refractivity contribution in [3.8, 4) is 0 Å². The molecule has 2 aliphatic carbocycles. The van der Waals surface area contributed by atoms with Crippen molar-refractivity contribution in [1.29, 1.82) is 0 Å². The van der Waals surface area contributed by atoms with Gasteiger partial charge in [0.15, 0.2) is 0 Å². The lowest BCUT2D eigenvalue weighted by Crippen LogP contribution is -2.52. The Hall–Kier alpha value is 0.210. The van der Waals surface area contributed by atoms with E-state index in [1.165, 1.54) is 6.42 Å². The molecule has 3 aliphatic rings. The van der Waals surface area contributed by atoms with Crippen LogP contribution in [-0.4, -0.2) is 27.3 Å². The largest absolute Gasteiger partial charge is 0.385 e. The minimum absolute atomic E-state index is 0.146. The normalized spacial score (nSPS) is 57.3. The molecular weight excluding hydrogens is 248 g/mol.